The number of nitrogens with one attached hydrogen (secondary N) is 2. The van der Waals surface area contributed by atoms with Crippen molar-refractivity contribution in [3.05, 3.63) is 39.7 Å². The summed E-state index contributed by atoms with van der Waals surface area (Å²) < 4.78 is 4.60. The Hall–Kier alpha value is -2.41. The number of thiophene rings is 1. The quantitative estimate of drug-likeness (QED) is 0.655. The van der Waals surface area contributed by atoms with Crippen molar-refractivity contribution in [1.82, 2.24) is 4.98 Å². The zero-order valence-corrected chi connectivity index (χ0v) is 13.2. The van der Waals surface area contributed by atoms with Crippen LogP contribution in [0.1, 0.15) is 45.5 Å². The number of amides is 1. The minimum atomic E-state index is -0.602. The number of H-pyrrole nitrogens is 1. The second kappa shape index (κ2) is 6.57. The Balaban J connectivity index is 2.24. The standard InChI is InChI=1S/C15H16N2O4S/c1-8(12-5-4-6-22-12)14(19)17-13-10(9(2)18)7-11(16-13)15(20)21-3/h4-8,16H,1-3H3,(H,17,19). The van der Waals surface area contributed by atoms with E-state index in [0.29, 0.717) is 0 Å². The molecule has 0 aliphatic heterocycles. The Kier molecular flexibility index (Phi) is 4.77. The van der Waals surface area contributed by atoms with Crippen molar-refractivity contribution in [2.75, 3.05) is 12.4 Å². The number of carbonyl (C=O) groups excluding carboxylic acids is 3. The van der Waals surface area contributed by atoms with Crippen LogP contribution in [0, 0.1) is 0 Å². The first kappa shape index (κ1) is 16.0. The van der Waals surface area contributed by atoms with Gasteiger partial charge in [0.05, 0.1) is 18.6 Å². The lowest BCUT2D eigenvalue weighted by molar-refractivity contribution is -0.117. The number of carbonyl (C=O) groups is 3. The molecule has 2 aromatic rings. The molecule has 2 aromatic heterocycles. The maximum Gasteiger partial charge on any atom is 0.354 e. The van der Waals surface area contributed by atoms with Gasteiger partial charge in [0.25, 0.3) is 0 Å². The molecule has 116 valence electrons. The number of methoxy groups -OCH3 is 1. The number of esters is 1. The van der Waals surface area contributed by atoms with Crippen molar-refractivity contribution in [2.45, 2.75) is 19.8 Å². The van der Waals surface area contributed by atoms with Crippen molar-refractivity contribution in [3.63, 3.8) is 0 Å². The van der Waals surface area contributed by atoms with Crippen LogP contribution in [0.3, 0.4) is 0 Å². The minimum Gasteiger partial charge on any atom is -0.464 e. The van der Waals surface area contributed by atoms with Crippen molar-refractivity contribution in [2.24, 2.45) is 0 Å². The van der Waals surface area contributed by atoms with Crippen LogP contribution in [-0.4, -0.2) is 29.8 Å². The predicted molar refractivity (Wildman–Crippen MR) is 83.5 cm³/mol. The van der Waals surface area contributed by atoms with Crippen LogP contribution in [-0.2, 0) is 9.53 Å². The van der Waals surface area contributed by atoms with E-state index in [0.717, 1.165) is 4.88 Å². The van der Waals surface area contributed by atoms with E-state index in [1.165, 1.54) is 31.4 Å². The van der Waals surface area contributed by atoms with Crippen LogP contribution in [0.15, 0.2) is 23.6 Å². The van der Waals surface area contributed by atoms with Crippen LogP contribution in [0.25, 0.3) is 0 Å². The third kappa shape index (κ3) is 3.25. The maximum absolute atomic E-state index is 12.3. The zero-order valence-electron chi connectivity index (χ0n) is 12.4. The second-order valence-corrected chi connectivity index (χ2v) is 5.73. The third-order valence-corrected chi connectivity index (χ3v) is 4.27. The molecule has 0 radical (unpaired) electrons. The fraction of sp³-hybridized carbons (Fsp3) is 0.267. The smallest absolute Gasteiger partial charge is 0.354 e. The molecule has 0 fully saturated rings. The molecule has 7 heteroatoms. The van der Waals surface area contributed by atoms with Gasteiger partial charge in [0, 0.05) is 4.88 Å². The van der Waals surface area contributed by atoms with Crippen molar-refractivity contribution < 1.29 is 19.1 Å². The Labute approximate surface area is 131 Å². The summed E-state index contributed by atoms with van der Waals surface area (Å²) in [6.45, 7) is 3.14. The normalized spacial score (nSPS) is 11.8. The van der Waals surface area contributed by atoms with Crippen LogP contribution in [0.5, 0.6) is 0 Å². The number of hydrogen-bond donors (Lipinski definition) is 2. The number of hydrogen-bond acceptors (Lipinski definition) is 5. The average molecular weight is 320 g/mol. The van der Waals surface area contributed by atoms with Gasteiger partial charge in [0.1, 0.15) is 11.5 Å². The van der Waals surface area contributed by atoms with Gasteiger partial charge in [-0.3, -0.25) is 9.59 Å². The molecule has 1 atom stereocenters. The molecule has 2 heterocycles. The van der Waals surface area contributed by atoms with Gasteiger partial charge in [-0.15, -0.1) is 11.3 Å². The summed E-state index contributed by atoms with van der Waals surface area (Å²) in [5, 5.41) is 4.56. The van der Waals surface area contributed by atoms with Gasteiger partial charge in [-0.1, -0.05) is 6.07 Å². The van der Waals surface area contributed by atoms with E-state index in [4.69, 9.17) is 0 Å². The summed E-state index contributed by atoms with van der Waals surface area (Å²) in [4.78, 5) is 39.1. The molecule has 2 rings (SSSR count). The van der Waals surface area contributed by atoms with E-state index in [1.54, 1.807) is 6.92 Å². The predicted octanol–water partition coefficient (Wildman–Crippen LogP) is 2.81. The van der Waals surface area contributed by atoms with Gasteiger partial charge < -0.3 is 15.0 Å². The van der Waals surface area contributed by atoms with E-state index in [2.05, 4.69) is 15.0 Å². The molecule has 2 N–H and O–H groups in total. The van der Waals surface area contributed by atoms with E-state index in [-0.39, 0.29) is 34.7 Å². The minimum absolute atomic E-state index is 0.117. The van der Waals surface area contributed by atoms with Gasteiger partial charge in [-0.2, -0.15) is 0 Å². The molecule has 1 amide bonds. The SMILES string of the molecule is COC(=O)c1cc(C(C)=O)c(NC(=O)C(C)c2cccs2)[nH]1. The number of anilines is 1. The Morgan fingerprint density at radius 2 is 2.09 bits per heavy atom. The monoisotopic (exact) mass is 320 g/mol. The topological polar surface area (TPSA) is 88.3 Å². The van der Waals surface area contributed by atoms with Gasteiger partial charge in [-0.25, -0.2) is 4.79 Å². The van der Waals surface area contributed by atoms with E-state index in [1.807, 2.05) is 17.5 Å². The Morgan fingerprint density at radius 1 is 1.36 bits per heavy atom. The molecule has 0 saturated carbocycles. The molecular weight excluding hydrogens is 304 g/mol. The van der Waals surface area contributed by atoms with Crippen LogP contribution < -0.4 is 5.32 Å². The second-order valence-electron chi connectivity index (χ2n) is 4.75. The van der Waals surface area contributed by atoms with Gasteiger partial charge in [-0.05, 0) is 31.4 Å². The molecule has 0 aliphatic rings. The highest BCUT2D eigenvalue weighted by Crippen LogP contribution is 2.24. The molecule has 0 bridgehead atoms. The Morgan fingerprint density at radius 3 is 2.64 bits per heavy atom. The number of ketones is 1. The third-order valence-electron chi connectivity index (χ3n) is 3.21. The van der Waals surface area contributed by atoms with Gasteiger partial charge >= 0.3 is 5.97 Å². The lowest BCUT2D eigenvalue weighted by Crippen LogP contribution is -2.19. The summed E-state index contributed by atoms with van der Waals surface area (Å²) >= 11 is 1.48. The molecule has 0 saturated heterocycles. The Bertz CT molecular complexity index is 703. The lowest BCUT2D eigenvalue weighted by Gasteiger charge is -2.10. The lowest BCUT2D eigenvalue weighted by atomic mass is 10.1. The first-order chi connectivity index (χ1) is 10.4. The maximum atomic E-state index is 12.3. The summed E-state index contributed by atoms with van der Waals surface area (Å²) in [5.74, 6) is -1.27. The van der Waals surface area contributed by atoms with Gasteiger partial charge in [0.2, 0.25) is 5.91 Å². The fourth-order valence-corrected chi connectivity index (χ4v) is 2.73. The van der Waals surface area contributed by atoms with E-state index < -0.39 is 5.97 Å². The average Bonchev–Trinajstić information content (AvgIpc) is 3.14. The largest absolute Gasteiger partial charge is 0.464 e. The summed E-state index contributed by atoms with van der Waals surface area (Å²) in [7, 11) is 1.24. The first-order valence-corrected chi connectivity index (χ1v) is 7.48. The number of Topliss-reactive ketones (excluding diaryl/α,β-unsaturated/α-hetero) is 1. The molecule has 1 unspecified atom stereocenters. The highest BCUT2D eigenvalue weighted by molar-refractivity contribution is 7.10. The molecule has 0 spiro atoms. The van der Waals surface area contributed by atoms with Crippen molar-refractivity contribution >= 4 is 34.8 Å². The highest BCUT2D eigenvalue weighted by atomic mass is 32.1. The number of aromatic nitrogens is 1. The first-order valence-electron chi connectivity index (χ1n) is 6.60. The summed E-state index contributed by atoms with van der Waals surface area (Å²) in [6.07, 6.45) is 0. The van der Waals surface area contributed by atoms with Gasteiger partial charge in [0.15, 0.2) is 5.78 Å². The van der Waals surface area contributed by atoms with E-state index in [9.17, 15) is 14.4 Å². The highest BCUT2D eigenvalue weighted by Gasteiger charge is 2.22. The van der Waals surface area contributed by atoms with Crippen LogP contribution in [0.4, 0.5) is 5.82 Å². The van der Waals surface area contributed by atoms with Crippen LogP contribution in [0.2, 0.25) is 0 Å². The van der Waals surface area contributed by atoms with Crippen LogP contribution >= 0.6 is 11.3 Å². The molecule has 6 nitrogen and oxygen atoms in total. The fourth-order valence-electron chi connectivity index (χ4n) is 1.95. The molecule has 22 heavy (non-hydrogen) atoms. The number of ether oxygens (including phenoxy) is 1. The van der Waals surface area contributed by atoms with Crippen molar-refractivity contribution in [1.29, 1.82) is 0 Å². The van der Waals surface area contributed by atoms with Crippen molar-refractivity contribution in [3.8, 4) is 0 Å². The summed E-state index contributed by atoms with van der Waals surface area (Å²) in [5.41, 5.74) is 0.360. The molecular formula is C15H16N2O4S. The number of rotatable bonds is 5. The molecule has 0 aliphatic carbocycles. The zero-order chi connectivity index (χ0) is 16.3. The number of aromatic amines is 1. The van der Waals surface area contributed by atoms with E-state index >= 15 is 0 Å². The molecule has 0 aromatic carbocycles. The summed E-state index contributed by atoms with van der Waals surface area (Å²) in [6, 6.07) is 5.11.